The number of hydrogen-bond donors (Lipinski definition) is 2. The molecule has 1 amide bonds. The van der Waals surface area contributed by atoms with E-state index in [-0.39, 0.29) is 5.91 Å². The minimum Gasteiger partial charge on any atom is -0.478 e. The van der Waals surface area contributed by atoms with Crippen LogP contribution in [0, 0.1) is 5.41 Å². The number of nitrogens with one attached hydrogen (secondary N) is 1. The molecule has 0 aliphatic heterocycles. The monoisotopic (exact) mass is 483 g/mol. The smallest absolute Gasteiger partial charge is 0.328 e. The number of anilines is 2. The van der Waals surface area contributed by atoms with E-state index in [9.17, 15) is 9.59 Å². The first-order valence-electron chi connectivity index (χ1n) is 12.4. The van der Waals surface area contributed by atoms with E-state index in [4.69, 9.17) is 5.11 Å². The Bertz CT molecular complexity index is 1230. The van der Waals surface area contributed by atoms with Gasteiger partial charge in [0.15, 0.2) is 0 Å². The Hall–Kier alpha value is -3.93. The van der Waals surface area contributed by atoms with Crippen molar-refractivity contribution in [3.05, 3.63) is 84.1 Å². The molecule has 0 spiro atoms. The van der Waals surface area contributed by atoms with Crippen LogP contribution in [0.3, 0.4) is 0 Å². The Morgan fingerprint density at radius 2 is 1.61 bits per heavy atom. The second-order valence-corrected chi connectivity index (χ2v) is 9.76. The molecule has 4 rings (SSSR count). The number of aliphatic carboxylic acids is 1. The van der Waals surface area contributed by atoms with Gasteiger partial charge in [0.1, 0.15) is 5.82 Å². The third-order valence-corrected chi connectivity index (χ3v) is 6.95. The standard InChI is InChI=1S/C30H33N3O3/c1-33(2)26-13-11-25(12-14-26)24-9-6-23(7-10-24)21-30(17-4-3-5-18-30)29(36)32-27-20-22(16-19-31-27)8-15-28(34)35/h6-16,19-20H,3-5,17-18,21H2,1-2H3,(H,34,35)(H,31,32,36)/b15-8+. The number of pyridine rings is 1. The predicted octanol–water partition coefficient (Wildman–Crippen LogP) is 6.04. The highest BCUT2D eigenvalue weighted by Gasteiger charge is 2.39. The first-order valence-corrected chi connectivity index (χ1v) is 12.4. The fourth-order valence-corrected chi connectivity index (χ4v) is 4.91. The van der Waals surface area contributed by atoms with E-state index >= 15 is 0 Å². The minimum absolute atomic E-state index is 0.0163. The van der Waals surface area contributed by atoms with Gasteiger partial charge in [-0.05, 0) is 71.9 Å². The van der Waals surface area contributed by atoms with Gasteiger partial charge < -0.3 is 15.3 Å². The van der Waals surface area contributed by atoms with E-state index in [0.29, 0.717) is 17.8 Å². The molecule has 6 heteroatoms. The fourth-order valence-electron chi connectivity index (χ4n) is 4.91. The summed E-state index contributed by atoms with van der Waals surface area (Å²) in [4.78, 5) is 30.8. The number of hydrogen-bond acceptors (Lipinski definition) is 4. The molecule has 6 nitrogen and oxygen atoms in total. The van der Waals surface area contributed by atoms with Gasteiger partial charge in [0, 0.05) is 32.1 Å². The lowest BCUT2D eigenvalue weighted by molar-refractivity contribution is -0.131. The molecule has 3 aromatic rings. The lowest BCUT2D eigenvalue weighted by Crippen LogP contribution is -2.40. The molecule has 0 bridgehead atoms. The zero-order chi connectivity index (χ0) is 25.5. The van der Waals surface area contributed by atoms with Crippen molar-refractivity contribution in [3.8, 4) is 11.1 Å². The highest BCUT2D eigenvalue weighted by molar-refractivity contribution is 5.95. The zero-order valence-corrected chi connectivity index (χ0v) is 20.9. The molecule has 1 heterocycles. The van der Waals surface area contributed by atoms with Gasteiger partial charge in [0.05, 0.1) is 5.41 Å². The first-order chi connectivity index (χ1) is 17.3. The van der Waals surface area contributed by atoms with Crippen molar-refractivity contribution in [1.82, 2.24) is 4.98 Å². The maximum atomic E-state index is 13.6. The second-order valence-electron chi connectivity index (χ2n) is 9.76. The van der Waals surface area contributed by atoms with Crippen LogP contribution in [-0.4, -0.2) is 36.1 Å². The Morgan fingerprint density at radius 3 is 2.22 bits per heavy atom. The van der Waals surface area contributed by atoms with Gasteiger partial charge in [-0.3, -0.25) is 4.79 Å². The second kappa shape index (κ2) is 11.2. The molecule has 0 saturated heterocycles. The molecule has 186 valence electrons. The first kappa shape index (κ1) is 25.2. The van der Waals surface area contributed by atoms with E-state index in [1.54, 1.807) is 18.3 Å². The Labute approximate surface area is 212 Å². The van der Waals surface area contributed by atoms with Crippen LogP contribution in [0.4, 0.5) is 11.5 Å². The van der Waals surface area contributed by atoms with Crippen LogP contribution in [0.5, 0.6) is 0 Å². The van der Waals surface area contributed by atoms with Crippen molar-refractivity contribution in [2.45, 2.75) is 38.5 Å². The summed E-state index contributed by atoms with van der Waals surface area (Å²) in [7, 11) is 4.06. The SMILES string of the molecule is CN(C)c1ccc(-c2ccc(CC3(C(=O)Nc4cc(/C=C/C(=O)O)ccn4)CCCCC3)cc2)cc1. The number of carbonyl (C=O) groups excluding carboxylic acids is 1. The highest BCUT2D eigenvalue weighted by Crippen LogP contribution is 2.40. The average molecular weight is 484 g/mol. The van der Waals surface area contributed by atoms with Crippen LogP contribution in [-0.2, 0) is 16.0 Å². The van der Waals surface area contributed by atoms with Gasteiger partial charge >= 0.3 is 5.97 Å². The molecule has 0 atom stereocenters. The van der Waals surface area contributed by atoms with Gasteiger partial charge in [0.25, 0.3) is 0 Å². The number of carboxylic acids is 1. The molecule has 1 aliphatic carbocycles. The summed E-state index contributed by atoms with van der Waals surface area (Å²) in [6, 6.07) is 20.4. The maximum Gasteiger partial charge on any atom is 0.328 e. The summed E-state index contributed by atoms with van der Waals surface area (Å²) < 4.78 is 0. The summed E-state index contributed by atoms with van der Waals surface area (Å²) in [5.41, 5.74) is 4.82. The van der Waals surface area contributed by atoms with Gasteiger partial charge in [-0.15, -0.1) is 0 Å². The number of carboxylic acid groups (broad SMARTS) is 1. The van der Waals surface area contributed by atoms with E-state index in [2.05, 4.69) is 63.7 Å². The largest absolute Gasteiger partial charge is 0.478 e. The molecular weight excluding hydrogens is 450 g/mol. The lowest BCUT2D eigenvalue weighted by Gasteiger charge is -2.36. The zero-order valence-electron chi connectivity index (χ0n) is 20.9. The molecule has 1 fully saturated rings. The third-order valence-electron chi connectivity index (χ3n) is 6.95. The summed E-state index contributed by atoms with van der Waals surface area (Å²) in [6.07, 6.45) is 9.69. The Balaban J connectivity index is 1.50. The Kier molecular flexibility index (Phi) is 7.84. The molecule has 36 heavy (non-hydrogen) atoms. The summed E-state index contributed by atoms with van der Waals surface area (Å²) >= 11 is 0. The fraction of sp³-hybridized carbons (Fsp3) is 0.300. The lowest BCUT2D eigenvalue weighted by atomic mass is 9.69. The van der Waals surface area contributed by atoms with Crippen molar-refractivity contribution in [3.63, 3.8) is 0 Å². The third kappa shape index (κ3) is 6.19. The minimum atomic E-state index is -1.02. The van der Waals surface area contributed by atoms with Crippen LogP contribution < -0.4 is 10.2 Å². The van der Waals surface area contributed by atoms with Crippen molar-refractivity contribution < 1.29 is 14.7 Å². The normalized spacial score (nSPS) is 14.9. The van der Waals surface area contributed by atoms with E-state index in [1.165, 1.54) is 17.3 Å². The van der Waals surface area contributed by atoms with Crippen LogP contribution in [0.1, 0.15) is 43.2 Å². The number of amides is 1. The summed E-state index contributed by atoms with van der Waals surface area (Å²) in [6.45, 7) is 0. The molecule has 1 aromatic heterocycles. The van der Waals surface area contributed by atoms with Gasteiger partial charge in [-0.1, -0.05) is 55.7 Å². The topological polar surface area (TPSA) is 82.5 Å². The Morgan fingerprint density at radius 1 is 0.972 bits per heavy atom. The van der Waals surface area contributed by atoms with Gasteiger partial charge in [-0.2, -0.15) is 0 Å². The number of benzene rings is 2. The quantitative estimate of drug-likeness (QED) is 0.382. The maximum absolute atomic E-state index is 13.6. The van der Waals surface area contributed by atoms with Crippen LogP contribution in [0.2, 0.25) is 0 Å². The predicted molar refractivity (Wildman–Crippen MR) is 145 cm³/mol. The van der Waals surface area contributed by atoms with Crippen molar-refractivity contribution in [2.75, 3.05) is 24.3 Å². The number of nitrogens with zero attached hydrogens (tertiary/aromatic N) is 2. The summed E-state index contributed by atoms with van der Waals surface area (Å²) in [5.74, 6) is -0.596. The van der Waals surface area contributed by atoms with E-state index in [0.717, 1.165) is 49.3 Å². The van der Waals surface area contributed by atoms with Crippen LogP contribution in [0.25, 0.3) is 17.2 Å². The van der Waals surface area contributed by atoms with Crippen molar-refractivity contribution >= 4 is 29.5 Å². The van der Waals surface area contributed by atoms with E-state index in [1.807, 2.05) is 14.1 Å². The van der Waals surface area contributed by atoms with Gasteiger partial charge in [-0.25, -0.2) is 9.78 Å². The number of carbonyl (C=O) groups is 2. The molecule has 1 saturated carbocycles. The summed E-state index contributed by atoms with van der Waals surface area (Å²) in [5, 5.41) is 11.9. The van der Waals surface area contributed by atoms with Crippen molar-refractivity contribution in [2.24, 2.45) is 5.41 Å². The van der Waals surface area contributed by atoms with E-state index < -0.39 is 11.4 Å². The average Bonchev–Trinajstić information content (AvgIpc) is 2.89. The molecule has 2 N–H and O–H groups in total. The molecule has 0 unspecified atom stereocenters. The molecule has 1 aliphatic rings. The molecule has 2 aromatic carbocycles. The van der Waals surface area contributed by atoms with Crippen LogP contribution in [0.15, 0.2) is 72.9 Å². The molecule has 0 radical (unpaired) electrons. The van der Waals surface area contributed by atoms with Crippen LogP contribution >= 0.6 is 0 Å². The number of aromatic nitrogens is 1. The highest BCUT2D eigenvalue weighted by atomic mass is 16.4. The van der Waals surface area contributed by atoms with Crippen molar-refractivity contribution in [1.29, 1.82) is 0 Å². The molecular formula is C30H33N3O3. The van der Waals surface area contributed by atoms with Gasteiger partial charge in [0.2, 0.25) is 5.91 Å². The number of rotatable bonds is 8.